The minimum atomic E-state index is -5.61. The van der Waals surface area contributed by atoms with Crippen molar-refractivity contribution in [2.75, 3.05) is 0 Å². The molecule has 4 aliphatic rings. The Morgan fingerprint density at radius 2 is 1.59 bits per heavy atom. The number of rotatable bonds is 4. The second-order valence-electron chi connectivity index (χ2n) is 7.28. The zero-order chi connectivity index (χ0) is 16.3. The maximum absolute atomic E-state index is 13.5. The van der Waals surface area contributed by atoms with Crippen LogP contribution in [0.2, 0.25) is 0 Å². The van der Waals surface area contributed by atoms with Gasteiger partial charge in [-0.3, -0.25) is 9.35 Å². The summed E-state index contributed by atoms with van der Waals surface area (Å²) < 4.78 is 62.0. The lowest BCUT2D eigenvalue weighted by Crippen LogP contribution is -2.52. The maximum Gasteiger partial charge on any atom is 0.405 e. The van der Waals surface area contributed by atoms with Gasteiger partial charge in [0, 0.05) is 0 Å². The maximum atomic E-state index is 13.5. The molecule has 0 aromatic heterocycles. The fraction of sp³-hybridized carbons (Fsp3) is 0.929. The van der Waals surface area contributed by atoms with Gasteiger partial charge in [-0.1, -0.05) is 0 Å². The molecule has 0 heterocycles. The summed E-state index contributed by atoms with van der Waals surface area (Å²) in [6.07, 6.45) is 2.98. The second kappa shape index (κ2) is 4.87. The quantitative estimate of drug-likeness (QED) is 0.629. The molecule has 0 aromatic carbocycles. The molecule has 0 aliphatic heterocycles. The Bertz CT molecular complexity index is 551. The number of carbonyl (C=O) groups excluding carboxylic acids is 1. The summed E-state index contributed by atoms with van der Waals surface area (Å²) in [6.45, 7) is 0.798. The number of carbonyl (C=O) groups is 1. The number of esters is 1. The van der Waals surface area contributed by atoms with Crippen LogP contribution in [0.15, 0.2) is 0 Å². The molecule has 126 valence electrons. The molecule has 5 nitrogen and oxygen atoms in total. The van der Waals surface area contributed by atoms with Crippen LogP contribution in [0.4, 0.5) is 8.78 Å². The summed E-state index contributed by atoms with van der Waals surface area (Å²) in [4.78, 5) is 12.4. The van der Waals surface area contributed by atoms with Crippen LogP contribution in [0.1, 0.15) is 45.4 Å². The van der Waals surface area contributed by atoms with Crippen molar-refractivity contribution in [1.82, 2.24) is 0 Å². The smallest absolute Gasteiger partial charge is 0.405 e. The van der Waals surface area contributed by atoms with E-state index < -0.39 is 32.9 Å². The first-order valence-corrected chi connectivity index (χ1v) is 9.03. The highest BCUT2D eigenvalue weighted by Gasteiger charge is 2.58. The van der Waals surface area contributed by atoms with Crippen molar-refractivity contribution >= 4 is 16.1 Å². The van der Waals surface area contributed by atoms with Gasteiger partial charge >= 0.3 is 21.3 Å². The fourth-order valence-corrected chi connectivity index (χ4v) is 5.39. The van der Waals surface area contributed by atoms with E-state index in [1.165, 1.54) is 0 Å². The third-order valence-electron chi connectivity index (χ3n) is 5.57. The van der Waals surface area contributed by atoms with Crippen LogP contribution in [0.3, 0.4) is 0 Å². The lowest BCUT2D eigenvalue weighted by atomic mass is 9.49. The summed E-state index contributed by atoms with van der Waals surface area (Å²) in [5.74, 6) is 0.589. The standard InChI is InChI=1S/C14H20F2O5S/c1-8(14(15,16)22(18,19)20)21-12(17)13-5-9-2-10(6-13)4-11(3-9)7-13/h8-11H,2-7H2,1H3,(H,18,19,20). The Labute approximate surface area is 128 Å². The largest absolute Gasteiger partial charge is 0.454 e. The molecule has 0 aromatic rings. The number of halogens is 2. The normalized spacial score (nSPS) is 38.8. The van der Waals surface area contributed by atoms with Gasteiger partial charge in [0.15, 0.2) is 6.10 Å². The van der Waals surface area contributed by atoms with E-state index in [-0.39, 0.29) is 0 Å². The van der Waals surface area contributed by atoms with E-state index in [0.717, 1.165) is 26.2 Å². The Balaban J connectivity index is 1.75. The second-order valence-corrected chi connectivity index (χ2v) is 8.78. The molecule has 1 N–H and O–H groups in total. The van der Waals surface area contributed by atoms with Crippen molar-refractivity contribution in [3.8, 4) is 0 Å². The van der Waals surface area contributed by atoms with E-state index in [2.05, 4.69) is 0 Å². The van der Waals surface area contributed by atoms with E-state index in [4.69, 9.17) is 9.29 Å². The average Bonchev–Trinajstić information content (AvgIpc) is 2.35. The van der Waals surface area contributed by atoms with E-state index in [9.17, 15) is 22.0 Å². The summed E-state index contributed by atoms with van der Waals surface area (Å²) in [5, 5.41) is -4.50. The predicted molar refractivity (Wildman–Crippen MR) is 72.7 cm³/mol. The fourth-order valence-electron chi connectivity index (χ4n) is 4.92. The van der Waals surface area contributed by atoms with E-state index in [1.807, 2.05) is 0 Å². The molecular weight excluding hydrogens is 318 g/mol. The first-order valence-electron chi connectivity index (χ1n) is 7.59. The number of hydrogen-bond donors (Lipinski definition) is 1. The van der Waals surface area contributed by atoms with Crippen LogP contribution in [-0.4, -0.2) is 30.3 Å². The monoisotopic (exact) mass is 338 g/mol. The van der Waals surface area contributed by atoms with Crippen LogP contribution >= 0.6 is 0 Å². The van der Waals surface area contributed by atoms with Gasteiger partial charge in [-0.2, -0.15) is 17.2 Å². The Hall–Kier alpha value is -0.760. The highest BCUT2D eigenvalue weighted by Crippen LogP contribution is 2.60. The highest BCUT2D eigenvalue weighted by atomic mass is 32.2. The van der Waals surface area contributed by atoms with Crippen molar-refractivity contribution in [3.63, 3.8) is 0 Å². The minimum absolute atomic E-state index is 0.441. The van der Waals surface area contributed by atoms with Crippen molar-refractivity contribution in [2.24, 2.45) is 23.2 Å². The van der Waals surface area contributed by atoms with Gasteiger partial charge in [-0.25, -0.2) is 0 Å². The third kappa shape index (κ3) is 2.44. The highest BCUT2D eigenvalue weighted by molar-refractivity contribution is 7.86. The van der Waals surface area contributed by atoms with Crippen molar-refractivity contribution < 1.29 is 31.3 Å². The van der Waals surface area contributed by atoms with Crippen molar-refractivity contribution in [2.45, 2.75) is 56.8 Å². The van der Waals surface area contributed by atoms with Crippen LogP contribution in [-0.2, 0) is 19.6 Å². The van der Waals surface area contributed by atoms with Crippen LogP contribution in [0.25, 0.3) is 0 Å². The SMILES string of the molecule is CC(OC(=O)C12CC3CC(CC(C3)C1)C2)C(F)(F)S(=O)(=O)O. The molecule has 4 rings (SSSR count). The number of alkyl halides is 2. The van der Waals surface area contributed by atoms with Crippen LogP contribution in [0, 0.1) is 23.2 Å². The van der Waals surface area contributed by atoms with Gasteiger partial charge in [0.1, 0.15) is 0 Å². The van der Waals surface area contributed by atoms with Gasteiger partial charge in [0.25, 0.3) is 0 Å². The summed E-state index contributed by atoms with van der Waals surface area (Å²) in [6, 6.07) is 0. The lowest BCUT2D eigenvalue weighted by molar-refractivity contribution is -0.185. The van der Waals surface area contributed by atoms with Gasteiger partial charge in [-0.05, 0) is 63.2 Å². The van der Waals surface area contributed by atoms with Gasteiger partial charge < -0.3 is 4.74 Å². The van der Waals surface area contributed by atoms with Crippen LogP contribution < -0.4 is 0 Å². The topological polar surface area (TPSA) is 80.7 Å². The van der Waals surface area contributed by atoms with Crippen LogP contribution in [0.5, 0.6) is 0 Å². The van der Waals surface area contributed by atoms with E-state index in [1.54, 1.807) is 0 Å². The van der Waals surface area contributed by atoms with Gasteiger partial charge in [0.2, 0.25) is 0 Å². The summed E-state index contributed by atoms with van der Waals surface area (Å²) in [7, 11) is -5.61. The zero-order valence-corrected chi connectivity index (χ0v) is 13.1. The molecule has 0 spiro atoms. The van der Waals surface area contributed by atoms with Gasteiger partial charge in [0.05, 0.1) is 5.41 Å². The lowest BCUT2D eigenvalue weighted by Gasteiger charge is -2.55. The van der Waals surface area contributed by atoms with Crippen molar-refractivity contribution in [3.05, 3.63) is 0 Å². The third-order valence-corrected chi connectivity index (χ3v) is 6.59. The summed E-state index contributed by atoms with van der Waals surface area (Å²) >= 11 is 0. The predicted octanol–water partition coefficient (Wildman–Crippen LogP) is 2.62. The number of ether oxygens (including phenoxy) is 1. The Kier molecular flexibility index (Phi) is 3.56. The first kappa shape index (κ1) is 16.1. The molecule has 1 unspecified atom stereocenters. The average molecular weight is 338 g/mol. The molecular formula is C14H20F2O5S. The van der Waals surface area contributed by atoms with Crippen molar-refractivity contribution in [1.29, 1.82) is 0 Å². The number of hydrogen-bond acceptors (Lipinski definition) is 4. The molecule has 0 amide bonds. The Morgan fingerprint density at radius 3 is 1.95 bits per heavy atom. The Morgan fingerprint density at radius 1 is 1.18 bits per heavy atom. The zero-order valence-electron chi connectivity index (χ0n) is 12.3. The molecule has 8 heteroatoms. The molecule has 22 heavy (non-hydrogen) atoms. The van der Waals surface area contributed by atoms with E-state index in [0.29, 0.717) is 37.0 Å². The molecule has 4 bridgehead atoms. The minimum Gasteiger partial charge on any atom is -0.454 e. The molecule has 0 saturated heterocycles. The molecule has 0 radical (unpaired) electrons. The first-order chi connectivity index (χ1) is 10.0. The molecule has 4 saturated carbocycles. The van der Waals surface area contributed by atoms with Gasteiger partial charge in [-0.15, -0.1) is 0 Å². The summed E-state index contributed by atoms with van der Waals surface area (Å²) in [5.41, 5.74) is -0.738. The molecule has 4 fully saturated rings. The van der Waals surface area contributed by atoms with E-state index >= 15 is 0 Å². The molecule has 4 aliphatic carbocycles. The molecule has 1 atom stereocenters.